The average Bonchev–Trinajstić information content (AvgIpc) is 3.69. The van der Waals surface area contributed by atoms with Crippen LogP contribution in [0.25, 0.3) is 5.57 Å². The average molecular weight is 968 g/mol. The van der Waals surface area contributed by atoms with Crippen molar-refractivity contribution in [2.75, 3.05) is 20.3 Å². The van der Waals surface area contributed by atoms with E-state index in [0.717, 1.165) is 34.6 Å². The van der Waals surface area contributed by atoms with Gasteiger partial charge in [-0.3, -0.25) is 19.2 Å². The Bertz CT molecular complexity index is 2570. The van der Waals surface area contributed by atoms with Gasteiger partial charge in [-0.15, -0.1) is 0 Å². The van der Waals surface area contributed by atoms with Crippen molar-refractivity contribution in [3.63, 3.8) is 0 Å². The lowest BCUT2D eigenvalue weighted by molar-refractivity contribution is -0.319. The number of hydrogen-bond donors (Lipinski definition) is 1. The third kappa shape index (κ3) is 13.6. The van der Waals surface area contributed by atoms with Gasteiger partial charge in [0.1, 0.15) is 30.5 Å². The Morgan fingerprint density at radius 2 is 1.34 bits per heavy atom. The van der Waals surface area contributed by atoms with Crippen LogP contribution < -0.4 is 0 Å². The fourth-order valence-electron chi connectivity index (χ4n) is 9.00. The molecule has 2 fully saturated rings. The minimum absolute atomic E-state index is 0.0207. The molecule has 71 heavy (non-hydrogen) atoms. The van der Waals surface area contributed by atoms with Crippen LogP contribution in [0.5, 0.6) is 0 Å². The first-order valence-electron chi connectivity index (χ1n) is 23.8. The molecule has 0 bridgehead atoms. The molecule has 2 aliphatic heterocycles. The van der Waals surface area contributed by atoms with Crippen molar-refractivity contribution >= 4 is 35.1 Å². The normalized spacial score (nSPS) is 22.0. The Labute approximate surface area is 414 Å². The maximum Gasteiger partial charge on any atom is 0.417 e. The lowest BCUT2D eigenvalue weighted by Gasteiger charge is -2.45. The molecule has 2 heterocycles. The third-order valence-electron chi connectivity index (χ3n) is 12.5. The molecule has 1 N–H and O–H groups in total. The number of rotatable bonds is 23. The van der Waals surface area contributed by atoms with Crippen molar-refractivity contribution in [1.29, 1.82) is 0 Å². The molecule has 2 saturated heterocycles. The van der Waals surface area contributed by atoms with E-state index >= 15 is 0 Å². The van der Waals surface area contributed by atoms with E-state index in [-0.39, 0.29) is 51.3 Å². The summed E-state index contributed by atoms with van der Waals surface area (Å²) in [5, 5.41) is 10.5. The molecule has 372 valence electrons. The fourth-order valence-corrected chi connectivity index (χ4v) is 9.00. The highest BCUT2D eigenvalue weighted by Gasteiger charge is 2.50. The second kappa shape index (κ2) is 25.5. The number of amides is 2. The van der Waals surface area contributed by atoms with E-state index < -0.39 is 84.4 Å². The summed E-state index contributed by atoms with van der Waals surface area (Å²) in [4.78, 5) is 71.5. The summed E-state index contributed by atoms with van der Waals surface area (Å²) in [5.74, 6) is -4.26. The summed E-state index contributed by atoms with van der Waals surface area (Å²) in [7, 11) is 1.47. The molecule has 7 rings (SSSR count). The van der Waals surface area contributed by atoms with Gasteiger partial charge >= 0.3 is 12.1 Å². The molecule has 0 spiro atoms. The largest absolute Gasteiger partial charge is 0.453 e. The topological polar surface area (TPSA) is 173 Å². The van der Waals surface area contributed by atoms with Crippen LogP contribution in [0.1, 0.15) is 66.2 Å². The number of benzene rings is 5. The number of ketones is 2. The van der Waals surface area contributed by atoms with E-state index in [2.05, 4.69) is 0 Å². The first-order valence-corrected chi connectivity index (χ1v) is 23.8. The Morgan fingerprint density at radius 1 is 0.746 bits per heavy atom. The lowest BCUT2D eigenvalue weighted by Crippen LogP contribution is -2.61. The standard InChI is InChI=1S/C57H61NO13/c1-37-19-17-28-44(31-37)45(33-48(62)51(69-39(3)60)46(32-40-20-9-5-10-21-40)55(63)58-38(2)50(71-57(58)64)43-26-15-8-16-27-43)47(61)29-18-30-66-54-53(68-36-42-24-13-7-14-25-42)52(49(34-59)70-56(54)65-4)67-35-41-22-11-6-12-23-41/h5-17,19-28,31,33,38,46,49-54,56,59H,18,29-30,32,34-36H2,1-4H3/t38-,46-,49+,50-,51-,52+,53-,54-,56-/m0/s1. The minimum Gasteiger partial charge on any atom is -0.453 e. The number of ether oxygens (including phenoxy) is 7. The van der Waals surface area contributed by atoms with Crippen LogP contribution in [0, 0.1) is 12.8 Å². The van der Waals surface area contributed by atoms with Crippen molar-refractivity contribution in [2.45, 2.75) is 102 Å². The van der Waals surface area contributed by atoms with Gasteiger partial charge in [0, 0.05) is 32.6 Å². The first-order chi connectivity index (χ1) is 34.4. The summed E-state index contributed by atoms with van der Waals surface area (Å²) in [6.07, 6.45) is -6.52. The molecular weight excluding hydrogens is 907 g/mol. The third-order valence-corrected chi connectivity index (χ3v) is 12.5. The van der Waals surface area contributed by atoms with Gasteiger partial charge in [0.15, 0.2) is 24.0 Å². The smallest absolute Gasteiger partial charge is 0.417 e. The fraction of sp³-hybridized carbons (Fsp3) is 0.351. The number of esters is 1. The zero-order valence-electron chi connectivity index (χ0n) is 40.4. The van der Waals surface area contributed by atoms with Crippen molar-refractivity contribution in [3.05, 3.63) is 185 Å². The van der Waals surface area contributed by atoms with Crippen molar-refractivity contribution < 1.29 is 62.2 Å². The number of Topliss-reactive ketones (excluding diaryl/α,β-unsaturated/α-hetero) is 1. The van der Waals surface area contributed by atoms with Gasteiger partial charge in [-0.25, -0.2) is 9.69 Å². The summed E-state index contributed by atoms with van der Waals surface area (Å²) in [6.45, 7) is 4.71. The number of allylic oxidation sites excluding steroid dienone is 1. The van der Waals surface area contributed by atoms with Gasteiger partial charge in [-0.1, -0.05) is 151 Å². The van der Waals surface area contributed by atoms with Crippen LogP contribution >= 0.6 is 0 Å². The molecule has 0 aliphatic carbocycles. The minimum atomic E-state index is -1.74. The zero-order valence-corrected chi connectivity index (χ0v) is 40.4. The van der Waals surface area contributed by atoms with E-state index in [0.29, 0.717) is 16.7 Å². The van der Waals surface area contributed by atoms with Crippen LogP contribution in [0.2, 0.25) is 0 Å². The predicted octanol–water partition coefficient (Wildman–Crippen LogP) is 8.12. The summed E-state index contributed by atoms with van der Waals surface area (Å²) in [5.41, 5.74) is 4.41. The number of cyclic esters (lactones) is 1. The second-order valence-electron chi connectivity index (χ2n) is 17.7. The molecule has 0 radical (unpaired) electrons. The van der Waals surface area contributed by atoms with Crippen LogP contribution in [-0.2, 0) is 72.0 Å². The molecule has 14 heteroatoms. The Morgan fingerprint density at radius 3 is 1.92 bits per heavy atom. The highest BCUT2D eigenvalue weighted by molar-refractivity contribution is 6.25. The van der Waals surface area contributed by atoms with Crippen LogP contribution in [0.4, 0.5) is 4.79 Å². The molecule has 9 atom stereocenters. The maximum atomic E-state index is 14.8. The maximum absolute atomic E-state index is 14.8. The molecule has 0 saturated carbocycles. The van der Waals surface area contributed by atoms with Crippen LogP contribution in [-0.4, -0.2) is 103 Å². The number of aliphatic hydroxyl groups is 1. The number of aryl methyl sites for hydroxylation is 1. The number of aliphatic hydroxyl groups excluding tert-OH is 1. The lowest BCUT2D eigenvalue weighted by atomic mass is 9.87. The monoisotopic (exact) mass is 967 g/mol. The van der Waals surface area contributed by atoms with Gasteiger partial charge in [0.25, 0.3) is 0 Å². The first kappa shape index (κ1) is 52.2. The van der Waals surface area contributed by atoms with Crippen LogP contribution in [0.3, 0.4) is 0 Å². The van der Waals surface area contributed by atoms with Crippen LogP contribution in [0.15, 0.2) is 152 Å². The summed E-state index contributed by atoms with van der Waals surface area (Å²) < 4.78 is 42.9. The number of carbonyl (C=O) groups excluding carboxylic acids is 5. The highest BCUT2D eigenvalue weighted by Crippen LogP contribution is 2.36. The molecule has 2 amide bonds. The second-order valence-corrected chi connectivity index (χ2v) is 17.7. The molecule has 5 aromatic carbocycles. The van der Waals surface area contributed by atoms with Gasteiger partial charge in [0.05, 0.1) is 31.8 Å². The van der Waals surface area contributed by atoms with E-state index in [1.807, 2.05) is 79.7 Å². The predicted molar refractivity (Wildman–Crippen MR) is 262 cm³/mol. The molecule has 0 aromatic heterocycles. The van der Waals surface area contributed by atoms with Gasteiger partial charge < -0.3 is 38.3 Å². The zero-order chi connectivity index (χ0) is 50.3. The highest BCUT2D eigenvalue weighted by atomic mass is 16.7. The molecule has 14 nitrogen and oxygen atoms in total. The molecule has 2 aliphatic rings. The quantitative estimate of drug-likeness (QED) is 0.0378. The molecule has 5 aromatic rings. The summed E-state index contributed by atoms with van der Waals surface area (Å²) in [6, 6.07) is 43.4. The Balaban J connectivity index is 1.14. The van der Waals surface area contributed by atoms with Gasteiger partial charge in [-0.2, -0.15) is 0 Å². The van der Waals surface area contributed by atoms with E-state index in [9.17, 15) is 29.1 Å². The number of hydrogen-bond acceptors (Lipinski definition) is 13. The van der Waals surface area contributed by atoms with E-state index in [1.54, 1.807) is 79.7 Å². The van der Waals surface area contributed by atoms with Gasteiger partial charge in [-0.05, 0) is 60.6 Å². The summed E-state index contributed by atoms with van der Waals surface area (Å²) >= 11 is 0. The van der Waals surface area contributed by atoms with Crippen molar-refractivity contribution in [2.24, 2.45) is 5.92 Å². The Hall–Kier alpha value is -6.65. The number of methoxy groups -OCH3 is 1. The SMILES string of the molecule is CO[C@H]1O[C@H](CO)[C@@H](OCc2ccccc2)[C@H](OCc2ccccc2)[C@@H]1OCCCC(=O)C(=CC(=O)[C@@H](OC(C)=O)[C@H](Cc1ccccc1)C(=O)N1C(=O)O[C@H](c2ccccc2)[C@@H]1C)c1cccc(C)c1. The van der Waals surface area contributed by atoms with E-state index in [4.69, 9.17) is 33.2 Å². The van der Waals surface area contributed by atoms with Gasteiger partial charge in [0.2, 0.25) is 5.91 Å². The number of nitrogens with zero attached hydrogens (tertiary/aromatic N) is 1. The van der Waals surface area contributed by atoms with Crippen molar-refractivity contribution in [1.82, 2.24) is 4.90 Å². The molecule has 0 unspecified atom stereocenters. The van der Waals surface area contributed by atoms with E-state index in [1.165, 1.54) is 7.11 Å². The number of imide groups is 1. The Kier molecular flexibility index (Phi) is 18.7. The molecular formula is C57H61NO13. The van der Waals surface area contributed by atoms with Crippen molar-refractivity contribution in [3.8, 4) is 0 Å². The number of carbonyl (C=O) groups is 5.